The van der Waals surface area contributed by atoms with Gasteiger partial charge in [-0.3, -0.25) is 4.79 Å². The SMILES string of the molecule is CCOC(=O)N1CCN(C(=O)C2CCCN(c3ccc(-c4ccc(Cl)cc4)nn3)C2)CC1. The number of benzene rings is 1. The molecule has 0 aliphatic carbocycles. The van der Waals surface area contributed by atoms with Gasteiger partial charge in [0.25, 0.3) is 0 Å². The summed E-state index contributed by atoms with van der Waals surface area (Å²) in [5.74, 6) is 0.868. The number of piperidine rings is 1. The van der Waals surface area contributed by atoms with Gasteiger partial charge in [-0.25, -0.2) is 4.79 Å². The first kappa shape index (κ1) is 22.3. The highest BCUT2D eigenvalue weighted by Crippen LogP contribution is 2.25. The van der Waals surface area contributed by atoms with Crippen molar-refractivity contribution in [3.8, 4) is 11.3 Å². The first-order valence-electron chi connectivity index (χ1n) is 11.1. The summed E-state index contributed by atoms with van der Waals surface area (Å²) in [6.07, 6.45) is 1.49. The lowest BCUT2D eigenvalue weighted by molar-refractivity contribution is -0.137. The van der Waals surface area contributed by atoms with Gasteiger partial charge in [-0.2, -0.15) is 0 Å². The minimum absolute atomic E-state index is 0.0735. The lowest BCUT2D eigenvalue weighted by Crippen LogP contribution is -2.53. The van der Waals surface area contributed by atoms with Gasteiger partial charge in [0.2, 0.25) is 5.91 Å². The van der Waals surface area contributed by atoms with E-state index >= 15 is 0 Å². The molecule has 8 nitrogen and oxygen atoms in total. The molecule has 2 saturated heterocycles. The molecule has 9 heteroatoms. The van der Waals surface area contributed by atoms with Crippen molar-refractivity contribution in [3.63, 3.8) is 0 Å². The number of halogens is 1. The zero-order chi connectivity index (χ0) is 22.5. The summed E-state index contributed by atoms with van der Waals surface area (Å²) in [6, 6.07) is 11.4. The first-order valence-corrected chi connectivity index (χ1v) is 11.5. The van der Waals surface area contributed by atoms with Crippen molar-refractivity contribution in [2.24, 2.45) is 5.92 Å². The number of nitrogens with zero attached hydrogens (tertiary/aromatic N) is 5. The fourth-order valence-electron chi connectivity index (χ4n) is 4.24. The minimum Gasteiger partial charge on any atom is -0.450 e. The largest absolute Gasteiger partial charge is 0.450 e. The van der Waals surface area contributed by atoms with Crippen LogP contribution in [0.3, 0.4) is 0 Å². The number of piperazine rings is 1. The summed E-state index contributed by atoms with van der Waals surface area (Å²) >= 11 is 5.96. The zero-order valence-electron chi connectivity index (χ0n) is 18.2. The molecule has 2 aliphatic rings. The lowest BCUT2D eigenvalue weighted by Gasteiger charge is -2.38. The number of carbonyl (C=O) groups excluding carboxylic acids is 2. The number of amides is 2. The van der Waals surface area contributed by atoms with Crippen molar-refractivity contribution >= 4 is 29.4 Å². The summed E-state index contributed by atoms with van der Waals surface area (Å²) in [5.41, 5.74) is 1.75. The molecule has 4 rings (SSSR count). The molecule has 0 radical (unpaired) electrons. The van der Waals surface area contributed by atoms with Crippen LogP contribution in [-0.2, 0) is 9.53 Å². The summed E-state index contributed by atoms with van der Waals surface area (Å²) in [6.45, 7) is 5.76. The van der Waals surface area contributed by atoms with Gasteiger partial charge in [0, 0.05) is 49.9 Å². The number of rotatable bonds is 4. The van der Waals surface area contributed by atoms with Crippen LogP contribution in [0.4, 0.5) is 10.6 Å². The lowest BCUT2D eigenvalue weighted by atomic mass is 9.96. The molecule has 1 aromatic heterocycles. The molecule has 0 N–H and O–H groups in total. The van der Waals surface area contributed by atoms with E-state index in [0.717, 1.165) is 36.5 Å². The van der Waals surface area contributed by atoms with Crippen molar-refractivity contribution in [3.05, 3.63) is 41.4 Å². The average molecular weight is 458 g/mol. The summed E-state index contributed by atoms with van der Waals surface area (Å²) in [7, 11) is 0. The van der Waals surface area contributed by atoms with Crippen LogP contribution < -0.4 is 4.90 Å². The maximum Gasteiger partial charge on any atom is 0.409 e. The Hall–Kier alpha value is -2.87. The van der Waals surface area contributed by atoms with E-state index in [1.807, 2.05) is 41.3 Å². The topological polar surface area (TPSA) is 78.9 Å². The molecule has 2 aromatic rings. The molecule has 1 aromatic carbocycles. The summed E-state index contributed by atoms with van der Waals surface area (Å²) in [4.78, 5) is 30.7. The van der Waals surface area contributed by atoms with Crippen molar-refractivity contribution < 1.29 is 14.3 Å². The Balaban J connectivity index is 1.34. The molecule has 2 fully saturated rings. The predicted molar refractivity (Wildman–Crippen MR) is 123 cm³/mol. The third-order valence-corrected chi connectivity index (χ3v) is 6.25. The number of anilines is 1. The highest BCUT2D eigenvalue weighted by molar-refractivity contribution is 6.30. The second-order valence-corrected chi connectivity index (χ2v) is 8.52. The Kier molecular flexibility index (Phi) is 7.09. The molecule has 32 heavy (non-hydrogen) atoms. The molecule has 1 unspecified atom stereocenters. The van der Waals surface area contributed by atoms with Gasteiger partial charge in [-0.15, -0.1) is 10.2 Å². The fraction of sp³-hybridized carbons (Fsp3) is 0.478. The first-order chi connectivity index (χ1) is 15.5. The summed E-state index contributed by atoms with van der Waals surface area (Å²) < 4.78 is 5.06. The highest BCUT2D eigenvalue weighted by Gasteiger charge is 2.32. The zero-order valence-corrected chi connectivity index (χ0v) is 19.0. The second kappa shape index (κ2) is 10.2. The van der Waals surface area contributed by atoms with E-state index < -0.39 is 0 Å². The van der Waals surface area contributed by atoms with Gasteiger partial charge in [0.15, 0.2) is 5.82 Å². The van der Waals surface area contributed by atoms with Crippen LogP contribution in [0.25, 0.3) is 11.3 Å². The Bertz CT molecular complexity index is 930. The monoisotopic (exact) mass is 457 g/mol. The van der Waals surface area contributed by atoms with Gasteiger partial charge in [0.05, 0.1) is 18.2 Å². The van der Waals surface area contributed by atoms with E-state index in [2.05, 4.69) is 15.1 Å². The predicted octanol–water partition coefficient (Wildman–Crippen LogP) is 3.31. The Morgan fingerprint density at radius 2 is 1.72 bits per heavy atom. The van der Waals surface area contributed by atoms with Crippen LogP contribution in [0, 0.1) is 5.92 Å². The van der Waals surface area contributed by atoms with Crippen LogP contribution in [-0.4, -0.2) is 77.9 Å². The van der Waals surface area contributed by atoms with Crippen LogP contribution in [0.1, 0.15) is 19.8 Å². The third-order valence-electron chi connectivity index (χ3n) is 6.00. The van der Waals surface area contributed by atoms with Gasteiger partial charge >= 0.3 is 6.09 Å². The number of carbonyl (C=O) groups is 2. The Morgan fingerprint density at radius 3 is 2.38 bits per heavy atom. The fourth-order valence-corrected chi connectivity index (χ4v) is 4.36. The van der Waals surface area contributed by atoms with Gasteiger partial charge < -0.3 is 19.4 Å². The van der Waals surface area contributed by atoms with E-state index in [1.54, 1.807) is 11.8 Å². The van der Waals surface area contributed by atoms with Crippen molar-refractivity contribution in [2.45, 2.75) is 19.8 Å². The van der Waals surface area contributed by atoms with Crippen molar-refractivity contribution in [2.75, 3.05) is 50.8 Å². The molecule has 1 atom stereocenters. The van der Waals surface area contributed by atoms with Gasteiger partial charge in [0.1, 0.15) is 0 Å². The highest BCUT2D eigenvalue weighted by atomic mass is 35.5. The molecule has 0 saturated carbocycles. The number of aromatic nitrogens is 2. The second-order valence-electron chi connectivity index (χ2n) is 8.08. The average Bonchev–Trinajstić information content (AvgIpc) is 2.84. The molecule has 2 amide bonds. The number of hydrogen-bond acceptors (Lipinski definition) is 6. The van der Waals surface area contributed by atoms with E-state index in [4.69, 9.17) is 16.3 Å². The molecule has 3 heterocycles. The van der Waals surface area contributed by atoms with Gasteiger partial charge in [-0.05, 0) is 44.0 Å². The van der Waals surface area contributed by atoms with Crippen LogP contribution >= 0.6 is 11.6 Å². The molecule has 0 bridgehead atoms. The Morgan fingerprint density at radius 1 is 1.00 bits per heavy atom. The molecule has 0 spiro atoms. The van der Waals surface area contributed by atoms with E-state index in [1.165, 1.54) is 0 Å². The minimum atomic E-state index is -0.302. The Labute approximate surface area is 193 Å². The van der Waals surface area contributed by atoms with Crippen LogP contribution in [0.5, 0.6) is 0 Å². The smallest absolute Gasteiger partial charge is 0.409 e. The number of ether oxygens (including phenoxy) is 1. The molecule has 2 aliphatic heterocycles. The standard InChI is InChI=1S/C23H28ClN5O3/c1-2-32-23(31)28-14-12-27(13-15-28)22(30)18-4-3-11-29(16-18)21-10-9-20(25-26-21)17-5-7-19(24)8-6-17/h5-10,18H,2-4,11-16H2,1H3. The van der Waals surface area contributed by atoms with E-state index in [-0.39, 0.29) is 17.9 Å². The van der Waals surface area contributed by atoms with E-state index in [0.29, 0.717) is 44.4 Å². The van der Waals surface area contributed by atoms with Gasteiger partial charge in [-0.1, -0.05) is 23.7 Å². The van der Waals surface area contributed by atoms with Crippen molar-refractivity contribution in [1.82, 2.24) is 20.0 Å². The van der Waals surface area contributed by atoms with Crippen LogP contribution in [0.15, 0.2) is 36.4 Å². The molecular weight excluding hydrogens is 430 g/mol. The quantitative estimate of drug-likeness (QED) is 0.700. The normalized spacial score (nSPS) is 19.1. The third kappa shape index (κ3) is 5.12. The number of hydrogen-bond donors (Lipinski definition) is 0. The van der Waals surface area contributed by atoms with E-state index in [9.17, 15) is 9.59 Å². The molecular formula is C23H28ClN5O3. The van der Waals surface area contributed by atoms with Crippen molar-refractivity contribution in [1.29, 1.82) is 0 Å². The van der Waals surface area contributed by atoms with Crippen LogP contribution in [0.2, 0.25) is 5.02 Å². The summed E-state index contributed by atoms with van der Waals surface area (Å²) in [5, 5.41) is 9.47. The maximum atomic E-state index is 13.1. The maximum absolute atomic E-state index is 13.1. The molecule has 170 valence electrons.